The van der Waals surface area contributed by atoms with Gasteiger partial charge in [0, 0.05) is 33.3 Å². The molecule has 0 unspecified atom stereocenters. The van der Waals surface area contributed by atoms with Crippen molar-refractivity contribution < 1.29 is 8.78 Å². The van der Waals surface area contributed by atoms with Crippen molar-refractivity contribution in [3.05, 3.63) is 315 Å². The Kier molecular flexibility index (Phi) is 11.6. The van der Waals surface area contributed by atoms with Crippen molar-refractivity contribution >= 4 is 110 Å². The lowest BCUT2D eigenvalue weighted by atomic mass is 9.89. The zero-order valence-electron chi connectivity index (χ0n) is 45.5. The summed E-state index contributed by atoms with van der Waals surface area (Å²) in [7, 11) is 0. The van der Waals surface area contributed by atoms with Crippen LogP contribution in [-0.4, -0.2) is 0 Å². The quantitative estimate of drug-likeness (QED) is 0.126. The molecule has 0 radical (unpaired) electrons. The first-order chi connectivity index (χ1) is 41.5. The molecule has 2 nitrogen and oxygen atoms in total. The normalized spacial score (nSPS) is 11.7. The van der Waals surface area contributed by atoms with Crippen molar-refractivity contribution in [2.24, 2.45) is 0 Å². The van der Waals surface area contributed by atoms with Crippen LogP contribution in [0.4, 0.5) is 42.9 Å². The SMILES string of the molecule is Fc1c(N(c2ccccc2)c2ccc3ccc4c(N(c5ccccc5)c5ccc(-c6ccc7ccccc7c6)c(-c6ccc7ccccc7c6)c5F)ccc5ccc2c3c54)ccc(-c2ccc3ccccc3c2)c1-c1ccc2ccccc2c1. The highest BCUT2D eigenvalue weighted by Crippen LogP contribution is 2.51. The third kappa shape index (κ3) is 8.14. The molecule has 16 aromatic carbocycles. The molecule has 0 atom stereocenters. The first-order valence-corrected chi connectivity index (χ1v) is 28.5. The van der Waals surface area contributed by atoms with Gasteiger partial charge < -0.3 is 9.80 Å². The molecule has 84 heavy (non-hydrogen) atoms. The summed E-state index contributed by atoms with van der Waals surface area (Å²) in [6, 6.07) is 104. The van der Waals surface area contributed by atoms with Crippen LogP contribution < -0.4 is 9.80 Å². The van der Waals surface area contributed by atoms with Gasteiger partial charge in [-0.05, 0) is 171 Å². The Labute approximate surface area is 484 Å². The van der Waals surface area contributed by atoms with Gasteiger partial charge in [-0.3, -0.25) is 0 Å². The lowest BCUT2D eigenvalue weighted by molar-refractivity contribution is 0.632. The van der Waals surface area contributed by atoms with Crippen molar-refractivity contribution in [3.63, 3.8) is 0 Å². The minimum absolute atomic E-state index is 0.331. The molecule has 0 aliphatic carbocycles. The van der Waals surface area contributed by atoms with Crippen molar-refractivity contribution in [2.45, 2.75) is 0 Å². The van der Waals surface area contributed by atoms with Crippen LogP contribution in [0.3, 0.4) is 0 Å². The Morgan fingerprint density at radius 1 is 0.214 bits per heavy atom. The van der Waals surface area contributed by atoms with Gasteiger partial charge in [-0.25, -0.2) is 8.78 Å². The molecule has 0 saturated heterocycles. The van der Waals surface area contributed by atoms with Gasteiger partial charge in [-0.1, -0.05) is 231 Å². The summed E-state index contributed by atoms with van der Waals surface area (Å²) in [6.07, 6.45) is 0. The Balaban J connectivity index is 0.907. The number of anilines is 6. The monoisotopic (exact) mass is 1080 g/mol. The summed E-state index contributed by atoms with van der Waals surface area (Å²) in [5.74, 6) is -0.661. The molecule has 16 aromatic rings. The van der Waals surface area contributed by atoms with Crippen LogP contribution >= 0.6 is 0 Å². The smallest absolute Gasteiger partial charge is 0.155 e. The van der Waals surface area contributed by atoms with E-state index in [9.17, 15) is 0 Å². The third-order valence-electron chi connectivity index (χ3n) is 17.1. The average Bonchev–Trinajstić information content (AvgIpc) is 1.39. The second-order valence-corrected chi connectivity index (χ2v) is 21.8. The Morgan fingerprint density at radius 2 is 0.500 bits per heavy atom. The minimum atomic E-state index is -0.331. The lowest BCUT2D eigenvalue weighted by Gasteiger charge is -2.30. The van der Waals surface area contributed by atoms with Gasteiger partial charge in [0.1, 0.15) is 0 Å². The number of benzene rings is 16. The van der Waals surface area contributed by atoms with E-state index in [4.69, 9.17) is 0 Å². The second kappa shape index (κ2) is 19.9. The standard InChI is InChI=1S/C80H50F2N2/c81-79-73(45-41-67(61-31-27-51-15-7-11-19-57(51)47-61)77(79)63-33-29-53-17-9-13-21-59(53)49-63)83(65-23-3-1-4-24-65)71-43-37-55-36-40-70-72(44-38-56-35-39-69(71)75(55)76(56)70)84(66-25-5-2-6-26-66)74-46-42-68(62-32-28-52-16-8-12-20-58(52)48-62)78(80(74)82)64-34-30-54-18-10-14-22-60(54)50-64/h1-50H. The zero-order chi connectivity index (χ0) is 55.8. The van der Waals surface area contributed by atoms with Crippen molar-refractivity contribution in [2.75, 3.05) is 9.80 Å². The number of para-hydroxylation sites is 2. The lowest BCUT2D eigenvalue weighted by Crippen LogP contribution is -2.14. The third-order valence-corrected chi connectivity index (χ3v) is 17.1. The fourth-order valence-electron chi connectivity index (χ4n) is 13.1. The topological polar surface area (TPSA) is 6.48 Å². The summed E-state index contributed by atoms with van der Waals surface area (Å²) in [5, 5.41) is 14.7. The van der Waals surface area contributed by atoms with E-state index in [1.54, 1.807) is 0 Å². The summed E-state index contributed by atoms with van der Waals surface area (Å²) >= 11 is 0. The van der Waals surface area contributed by atoms with Gasteiger partial charge in [-0.2, -0.15) is 0 Å². The highest BCUT2D eigenvalue weighted by molar-refractivity contribution is 6.28. The fourth-order valence-corrected chi connectivity index (χ4v) is 13.1. The molecular formula is C80H50F2N2. The predicted octanol–water partition coefficient (Wildman–Crippen LogP) is 23.1. The Morgan fingerprint density at radius 3 is 0.869 bits per heavy atom. The van der Waals surface area contributed by atoms with Crippen LogP contribution in [-0.2, 0) is 0 Å². The van der Waals surface area contributed by atoms with Crippen molar-refractivity contribution in [3.8, 4) is 44.5 Å². The van der Waals surface area contributed by atoms with E-state index in [0.29, 0.717) is 22.5 Å². The molecule has 0 aliphatic heterocycles. The largest absolute Gasteiger partial charge is 0.307 e. The fraction of sp³-hybridized carbons (Fsp3) is 0. The van der Waals surface area contributed by atoms with Gasteiger partial charge in [0.15, 0.2) is 11.6 Å². The first kappa shape index (κ1) is 48.9. The van der Waals surface area contributed by atoms with Crippen LogP contribution in [0.2, 0.25) is 0 Å². The Bertz CT molecular complexity index is 4920. The molecule has 0 aromatic heterocycles. The molecule has 4 heteroatoms. The highest BCUT2D eigenvalue weighted by Gasteiger charge is 2.28. The van der Waals surface area contributed by atoms with E-state index in [0.717, 1.165) is 132 Å². The number of rotatable bonds is 10. The second-order valence-electron chi connectivity index (χ2n) is 21.8. The van der Waals surface area contributed by atoms with Gasteiger partial charge in [0.25, 0.3) is 0 Å². The number of fused-ring (bicyclic) bond motifs is 4. The average molecular weight is 1080 g/mol. The highest BCUT2D eigenvalue weighted by atomic mass is 19.1. The molecule has 0 amide bonds. The summed E-state index contributed by atoms with van der Waals surface area (Å²) in [4.78, 5) is 4.15. The van der Waals surface area contributed by atoms with Crippen LogP contribution in [0.1, 0.15) is 0 Å². The molecular weight excluding hydrogens is 1030 g/mol. The number of hydrogen-bond donors (Lipinski definition) is 0. The van der Waals surface area contributed by atoms with E-state index in [2.05, 4.69) is 180 Å². The molecule has 0 fully saturated rings. The number of halogens is 2. The van der Waals surface area contributed by atoms with E-state index in [-0.39, 0.29) is 11.6 Å². The van der Waals surface area contributed by atoms with Gasteiger partial charge in [0.2, 0.25) is 0 Å². The maximum Gasteiger partial charge on any atom is 0.155 e. The molecule has 0 heterocycles. The molecule has 0 saturated carbocycles. The predicted molar refractivity (Wildman–Crippen MR) is 351 cm³/mol. The van der Waals surface area contributed by atoms with Crippen LogP contribution in [0.15, 0.2) is 303 Å². The molecule has 0 spiro atoms. The van der Waals surface area contributed by atoms with Crippen molar-refractivity contribution in [1.82, 2.24) is 0 Å². The van der Waals surface area contributed by atoms with E-state index >= 15 is 8.78 Å². The molecule has 16 rings (SSSR count). The number of nitrogens with zero attached hydrogens (tertiary/aromatic N) is 2. The van der Waals surface area contributed by atoms with E-state index in [1.165, 1.54) is 0 Å². The molecule has 0 bridgehead atoms. The summed E-state index contributed by atoms with van der Waals surface area (Å²) in [6.45, 7) is 0. The van der Waals surface area contributed by atoms with Gasteiger partial charge in [0.05, 0.1) is 22.7 Å². The van der Waals surface area contributed by atoms with Gasteiger partial charge in [-0.15, -0.1) is 0 Å². The molecule has 0 aliphatic rings. The first-order valence-electron chi connectivity index (χ1n) is 28.5. The summed E-state index contributed by atoms with van der Waals surface area (Å²) in [5.41, 5.74) is 10.2. The number of hydrogen-bond acceptors (Lipinski definition) is 2. The van der Waals surface area contributed by atoms with E-state index < -0.39 is 0 Å². The summed E-state index contributed by atoms with van der Waals surface area (Å²) < 4.78 is 37.7. The zero-order valence-corrected chi connectivity index (χ0v) is 45.5. The van der Waals surface area contributed by atoms with Gasteiger partial charge >= 0.3 is 0 Å². The van der Waals surface area contributed by atoms with Crippen LogP contribution in [0.5, 0.6) is 0 Å². The van der Waals surface area contributed by atoms with Crippen molar-refractivity contribution in [1.29, 1.82) is 0 Å². The molecule has 394 valence electrons. The maximum atomic E-state index is 18.8. The Hall–Kier alpha value is -10.9. The van der Waals surface area contributed by atoms with Crippen LogP contribution in [0, 0.1) is 11.6 Å². The van der Waals surface area contributed by atoms with E-state index in [1.807, 2.05) is 133 Å². The minimum Gasteiger partial charge on any atom is -0.307 e. The maximum absolute atomic E-state index is 18.8. The van der Waals surface area contributed by atoms with Crippen LogP contribution in [0.25, 0.3) is 120 Å². The molecule has 0 N–H and O–H groups in total.